The quantitative estimate of drug-likeness (QED) is 0.0967. The van der Waals surface area contributed by atoms with Gasteiger partial charge in [0.05, 0.1) is 12.9 Å². The predicted molar refractivity (Wildman–Crippen MR) is 158 cm³/mol. The van der Waals surface area contributed by atoms with Crippen LogP contribution < -0.4 is 0 Å². The lowest BCUT2D eigenvalue weighted by Gasteiger charge is -2.16. The van der Waals surface area contributed by atoms with E-state index in [1.807, 2.05) is 0 Å². The van der Waals surface area contributed by atoms with Crippen molar-refractivity contribution in [2.24, 2.45) is 10.2 Å². The van der Waals surface area contributed by atoms with Gasteiger partial charge in [0.1, 0.15) is 29.7 Å². The van der Waals surface area contributed by atoms with Crippen LogP contribution in [0, 0.1) is 0 Å². The van der Waals surface area contributed by atoms with Gasteiger partial charge in [0.25, 0.3) is 0 Å². The molecule has 3 aromatic heterocycles. The maximum absolute atomic E-state index is 6.05. The number of azo groups is 1. The third-order valence-electron chi connectivity index (χ3n) is 5.36. The molecule has 0 spiro atoms. The number of nitrogens with zero attached hydrogens (tertiary/aromatic N) is 8. The molecule has 1 unspecified atom stereocenters. The third-order valence-corrected chi connectivity index (χ3v) is 9.63. The summed E-state index contributed by atoms with van der Waals surface area (Å²) >= 11 is 23.5. The van der Waals surface area contributed by atoms with Gasteiger partial charge in [-0.25, -0.2) is 19.9 Å². The summed E-state index contributed by atoms with van der Waals surface area (Å²) in [6, 6.07) is 2.01. The van der Waals surface area contributed by atoms with Gasteiger partial charge < -0.3 is 14.0 Å². The van der Waals surface area contributed by atoms with Crippen molar-refractivity contribution in [2.75, 3.05) is 19.8 Å². The molecule has 0 radical (unpaired) electrons. The molecule has 10 nitrogen and oxygen atoms in total. The second-order valence-corrected chi connectivity index (χ2v) is 23.8. The van der Waals surface area contributed by atoms with Crippen molar-refractivity contribution in [1.29, 1.82) is 0 Å². The average molecular weight is 639 g/mol. The zero-order chi connectivity index (χ0) is 28.1. The minimum absolute atomic E-state index is 0.0994. The van der Waals surface area contributed by atoms with Gasteiger partial charge in [0.2, 0.25) is 10.6 Å². The Morgan fingerprint density at radius 3 is 2.08 bits per heavy atom. The number of ether oxygens (including phenoxy) is 2. The largest absolute Gasteiger partial charge is 0.379 e. The van der Waals surface area contributed by atoms with E-state index in [-0.39, 0.29) is 21.8 Å². The summed E-state index contributed by atoms with van der Waals surface area (Å²) in [6.45, 7) is 16.2. The molecule has 3 aromatic rings. The minimum Gasteiger partial charge on any atom is -0.379 e. The van der Waals surface area contributed by atoms with Crippen LogP contribution in [0.1, 0.15) is 11.7 Å². The second-order valence-electron chi connectivity index (χ2n) is 11.2. The summed E-state index contributed by atoms with van der Waals surface area (Å²) in [5, 5.41) is 8.84. The number of imidazole rings is 1. The molecule has 0 aliphatic carbocycles. The summed E-state index contributed by atoms with van der Waals surface area (Å²) in [5.74, 6) is 0. The highest BCUT2D eigenvalue weighted by atomic mass is 35.5. The molecule has 0 amide bonds. The molecule has 0 bridgehead atoms. The first-order valence-electron chi connectivity index (χ1n) is 12.1. The summed E-state index contributed by atoms with van der Waals surface area (Å²) in [7, 11) is -2.14. The van der Waals surface area contributed by atoms with E-state index >= 15 is 0 Å². The Balaban J connectivity index is 0.000000211. The smallest absolute Gasteiger partial charge is 0.225 e. The number of aromatic nitrogens is 6. The van der Waals surface area contributed by atoms with Crippen LogP contribution in [0.15, 0.2) is 16.6 Å². The molecule has 0 fully saturated rings. The Labute approximate surface area is 244 Å². The highest BCUT2D eigenvalue weighted by Crippen LogP contribution is 2.39. The maximum atomic E-state index is 6.05. The Morgan fingerprint density at radius 2 is 1.42 bits per heavy atom. The SMILES string of the molecule is C[Si](C)(C)CCOCC1N=Nc2c(Cl)nc(Cl)nc21.C[Si](C)(C)CCOCn1cnc2nc(Cl)nc(Cl)c21. The highest BCUT2D eigenvalue weighted by molar-refractivity contribution is 6.76. The van der Waals surface area contributed by atoms with Gasteiger partial charge >= 0.3 is 0 Å². The van der Waals surface area contributed by atoms with E-state index in [2.05, 4.69) is 74.4 Å². The summed E-state index contributed by atoms with van der Waals surface area (Å²) in [6.07, 6.45) is 1.63. The van der Waals surface area contributed by atoms with Gasteiger partial charge in [0, 0.05) is 29.4 Å². The van der Waals surface area contributed by atoms with Crippen LogP contribution in [0.4, 0.5) is 5.69 Å². The molecule has 0 saturated heterocycles. The molecule has 16 heteroatoms. The summed E-state index contributed by atoms with van der Waals surface area (Å²) < 4.78 is 13.1. The Morgan fingerprint density at radius 1 is 0.816 bits per heavy atom. The molecule has 0 saturated carbocycles. The van der Waals surface area contributed by atoms with Crippen molar-refractivity contribution in [3.63, 3.8) is 0 Å². The van der Waals surface area contributed by atoms with Crippen LogP contribution in [0.5, 0.6) is 0 Å². The molecular weight excluding hydrogens is 606 g/mol. The summed E-state index contributed by atoms with van der Waals surface area (Å²) in [5.41, 5.74) is 2.29. The fourth-order valence-electron chi connectivity index (χ4n) is 3.16. The third kappa shape index (κ3) is 9.44. The van der Waals surface area contributed by atoms with Crippen LogP contribution in [-0.4, -0.2) is 65.5 Å². The zero-order valence-electron chi connectivity index (χ0n) is 22.3. The lowest BCUT2D eigenvalue weighted by molar-refractivity contribution is 0.0898. The lowest BCUT2D eigenvalue weighted by atomic mass is 10.2. The first-order valence-corrected chi connectivity index (χ1v) is 21.0. The number of halogens is 4. The van der Waals surface area contributed by atoms with Gasteiger partial charge in [-0.2, -0.15) is 10.1 Å². The Hall–Kier alpha value is -1.26. The van der Waals surface area contributed by atoms with Crippen LogP contribution in [0.25, 0.3) is 11.2 Å². The van der Waals surface area contributed by atoms with E-state index in [1.54, 1.807) is 10.9 Å². The molecule has 0 aromatic carbocycles. The minimum atomic E-state index is -1.07. The predicted octanol–water partition coefficient (Wildman–Crippen LogP) is 7.72. The standard InChI is InChI=1S/2C11H16Cl2N4OSi/c1-19(2,3)5-4-18-7-17-6-14-10-8(17)9(12)15-11(13)16-10;1-19(2,3)5-4-18-6-7-8-9(17-16-7)10(12)15-11(13)14-8/h6H,4-5,7H2,1-3H3;7H,4-6H2,1-3H3. The average Bonchev–Trinajstić information content (AvgIpc) is 3.38. The highest BCUT2D eigenvalue weighted by Gasteiger charge is 2.26. The monoisotopic (exact) mass is 636 g/mol. The fraction of sp³-hybridized carbons (Fsp3) is 0.591. The van der Waals surface area contributed by atoms with E-state index in [0.717, 1.165) is 25.3 Å². The molecule has 4 heterocycles. The van der Waals surface area contributed by atoms with Crippen molar-refractivity contribution in [1.82, 2.24) is 29.5 Å². The normalized spacial score (nSPS) is 15.1. The Bertz CT molecular complexity index is 1280. The first kappa shape index (κ1) is 31.3. The van der Waals surface area contributed by atoms with Crippen molar-refractivity contribution in [3.8, 4) is 0 Å². The molecule has 1 atom stereocenters. The number of fused-ring (bicyclic) bond motifs is 2. The molecule has 4 rings (SSSR count). The van der Waals surface area contributed by atoms with Gasteiger partial charge in [-0.3, -0.25) is 0 Å². The van der Waals surface area contributed by atoms with E-state index < -0.39 is 16.1 Å². The molecule has 0 N–H and O–H groups in total. The fourth-order valence-corrected chi connectivity index (χ4v) is 5.59. The number of hydrogen-bond donors (Lipinski definition) is 0. The topological polar surface area (TPSA) is 113 Å². The first-order chi connectivity index (χ1) is 17.7. The van der Waals surface area contributed by atoms with E-state index in [1.165, 1.54) is 0 Å². The number of rotatable bonds is 10. The Kier molecular flexibility index (Phi) is 11.0. The molecule has 1 aliphatic heterocycles. The van der Waals surface area contributed by atoms with E-state index in [0.29, 0.717) is 41.0 Å². The molecular formula is C22H32Cl4N8O2Si2. The van der Waals surface area contributed by atoms with E-state index in [4.69, 9.17) is 55.9 Å². The van der Waals surface area contributed by atoms with Gasteiger partial charge in [-0.15, -0.1) is 5.11 Å². The summed E-state index contributed by atoms with van der Waals surface area (Å²) in [4.78, 5) is 20.0. The second kappa shape index (κ2) is 13.4. The van der Waals surface area contributed by atoms with Crippen LogP contribution in [-0.2, 0) is 16.2 Å². The van der Waals surface area contributed by atoms with Crippen LogP contribution >= 0.6 is 46.4 Å². The molecule has 1 aliphatic rings. The van der Waals surface area contributed by atoms with Crippen LogP contribution in [0.2, 0.25) is 72.2 Å². The molecule has 208 valence electrons. The maximum Gasteiger partial charge on any atom is 0.225 e. The van der Waals surface area contributed by atoms with Crippen molar-refractivity contribution in [3.05, 3.63) is 32.9 Å². The van der Waals surface area contributed by atoms with Crippen LogP contribution in [0.3, 0.4) is 0 Å². The van der Waals surface area contributed by atoms with Crippen molar-refractivity contribution < 1.29 is 9.47 Å². The van der Waals surface area contributed by atoms with Gasteiger partial charge in [-0.1, -0.05) is 62.5 Å². The zero-order valence-corrected chi connectivity index (χ0v) is 27.3. The van der Waals surface area contributed by atoms with Crippen molar-refractivity contribution in [2.45, 2.75) is 64.1 Å². The van der Waals surface area contributed by atoms with Gasteiger partial charge in [0.15, 0.2) is 16.0 Å². The van der Waals surface area contributed by atoms with Crippen molar-refractivity contribution >= 4 is 79.4 Å². The van der Waals surface area contributed by atoms with Gasteiger partial charge in [-0.05, 0) is 35.3 Å². The number of hydrogen-bond acceptors (Lipinski definition) is 9. The van der Waals surface area contributed by atoms with E-state index in [9.17, 15) is 0 Å². The molecule has 38 heavy (non-hydrogen) atoms. The lowest BCUT2D eigenvalue weighted by Crippen LogP contribution is -2.22.